The van der Waals surface area contributed by atoms with Crippen molar-refractivity contribution < 1.29 is 57.1 Å². The summed E-state index contributed by atoms with van der Waals surface area (Å²) in [5.74, 6) is 0.0981. The van der Waals surface area contributed by atoms with E-state index in [9.17, 15) is 19.2 Å². The summed E-state index contributed by atoms with van der Waals surface area (Å²) in [6, 6.07) is -1.91. The van der Waals surface area contributed by atoms with Crippen LogP contribution in [0.1, 0.15) is 128 Å². The zero-order valence-electron chi connectivity index (χ0n) is 42.6. The summed E-state index contributed by atoms with van der Waals surface area (Å²) in [7, 11) is 0. The molecule has 69 heavy (non-hydrogen) atoms. The average Bonchev–Trinajstić information content (AvgIpc) is 3.34. The monoisotopic (exact) mass is 993 g/mol. The lowest BCUT2D eigenvalue weighted by Gasteiger charge is -2.33. The third kappa shape index (κ3) is 40.2. The van der Waals surface area contributed by atoms with Gasteiger partial charge in [-0.25, -0.2) is 0 Å². The number of hydrogen-bond acceptors (Lipinski definition) is 20. The van der Waals surface area contributed by atoms with Crippen LogP contribution in [0.15, 0.2) is 0 Å². The first kappa shape index (κ1) is 67.0. The molecule has 0 amide bonds. The quantitative estimate of drug-likeness (QED) is 0.0398. The number of ketones is 4. The van der Waals surface area contributed by atoms with Gasteiger partial charge in [-0.1, -0.05) is 25.7 Å². The van der Waals surface area contributed by atoms with Gasteiger partial charge in [0.25, 0.3) is 0 Å². The first-order chi connectivity index (χ1) is 33.5. The Hall–Kier alpha value is -1.96. The number of nitrogens with two attached hydrogens (primary N) is 8. The summed E-state index contributed by atoms with van der Waals surface area (Å²) in [4.78, 5) is 49.6. The number of ether oxygens (including phenoxy) is 8. The number of carbonyl (C=O) groups excluding carboxylic acids is 4. The van der Waals surface area contributed by atoms with Crippen molar-refractivity contribution in [1.82, 2.24) is 0 Å². The van der Waals surface area contributed by atoms with Gasteiger partial charge in [-0.05, 0) is 103 Å². The van der Waals surface area contributed by atoms with E-state index in [1.807, 2.05) is 0 Å². The normalized spacial score (nSPS) is 14.4. The van der Waals surface area contributed by atoms with E-state index in [4.69, 9.17) is 83.8 Å². The van der Waals surface area contributed by atoms with Gasteiger partial charge < -0.3 is 83.8 Å². The Morgan fingerprint density at radius 3 is 0.696 bits per heavy atom. The smallest absolute Gasteiger partial charge is 0.149 e. The molecule has 0 fully saturated rings. The van der Waals surface area contributed by atoms with Crippen molar-refractivity contribution in [3.05, 3.63) is 0 Å². The Kier molecular flexibility index (Phi) is 46.9. The molecule has 0 aromatic carbocycles. The molecule has 0 saturated carbocycles. The van der Waals surface area contributed by atoms with Gasteiger partial charge in [0.05, 0.1) is 109 Å². The van der Waals surface area contributed by atoms with Gasteiger partial charge in [0.1, 0.15) is 23.1 Å². The van der Waals surface area contributed by atoms with Gasteiger partial charge in [0.15, 0.2) is 0 Å². The number of carbonyl (C=O) groups is 4. The fraction of sp³-hybridized carbons (Fsp3) is 0.918. The van der Waals surface area contributed by atoms with E-state index in [1.165, 1.54) is 0 Å². The van der Waals surface area contributed by atoms with E-state index in [2.05, 4.69) is 0 Å². The fourth-order valence-electron chi connectivity index (χ4n) is 7.10. The van der Waals surface area contributed by atoms with Crippen LogP contribution in [0.3, 0.4) is 0 Å². The highest BCUT2D eigenvalue weighted by Crippen LogP contribution is 2.21. The number of Topliss-reactive ketones (excluding diaryl/α,β-unsaturated/α-hetero) is 4. The van der Waals surface area contributed by atoms with Crippen LogP contribution < -0.4 is 45.9 Å². The van der Waals surface area contributed by atoms with Crippen molar-refractivity contribution in [2.24, 2.45) is 51.3 Å². The van der Waals surface area contributed by atoms with Gasteiger partial charge >= 0.3 is 0 Å². The first-order valence-corrected chi connectivity index (χ1v) is 26.0. The standard InChI is InChI=1S/C49H100N8O12/c50-21-5-1-13-41(54)45(58)17-9-25-62-29-33-66-37-49(38-67-34-30-63-26-10-18-46(59)42(55)14-2-6-22-51,39-68-35-31-64-27-11-19-47(60)43(56)15-3-7-23-52)40-69-36-32-65-28-12-20-48(61)44(57)16-4-8-24-53/h41-44H,1-40,50-57H2. The number of unbranched alkanes of at least 4 members (excludes halogenated alkanes) is 4. The number of rotatable bonds is 56. The largest absolute Gasteiger partial charge is 0.379 e. The Balaban J connectivity index is 5.38. The van der Waals surface area contributed by atoms with Gasteiger partial charge in [-0.3, -0.25) is 19.2 Å². The van der Waals surface area contributed by atoms with E-state index < -0.39 is 29.6 Å². The van der Waals surface area contributed by atoms with Crippen LogP contribution in [-0.2, 0) is 57.1 Å². The maximum atomic E-state index is 12.4. The molecule has 16 N–H and O–H groups in total. The molecule has 0 aromatic rings. The second-order valence-corrected chi connectivity index (χ2v) is 18.0. The second kappa shape index (κ2) is 48.3. The summed E-state index contributed by atoms with van der Waals surface area (Å²) >= 11 is 0. The molecule has 408 valence electrons. The van der Waals surface area contributed by atoms with Crippen LogP contribution in [0.25, 0.3) is 0 Å². The minimum absolute atomic E-state index is 0.0245. The summed E-state index contributed by atoms with van der Waals surface area (Å²) in [5.41, 5.74) is 45.6. The lowest BCUT2D eigenvalue weighted by atomic mass is 9.92. The molecule has 0 spiro atoms. The molecular formula is C49H100N8O12. The summed E-state index contributed by atoms with van der Waals surface area (Å²) < 4.78 is 47.8. The van der Waals surface area contributed by atoms with Crippen LogP contribution in [0, 0.1) is 5.41 Å². The lowest BCUT2D eigenvalue weighted by molar-refractivity contribution is -0.122. The first-order valence-electron chi connectivity index (χ1n) is 26.0. The molecule has 0 rings (SSSR count). The molecule has 20 heteroatoms. The van der Waals surface area contributed by atoms with Crippen molar-refractivity contribution in [1.29, 1.82) is 0 Å². The molecule has 0 aliphatic carbocycles. The lowest BCUT2D eigenvalue weighted by Crippen LogP contribution is -2.43. The molecule has 0 heterocycles. The van der Waals surface area contributed by atoms with Crippen LogP contribution >= 0.6 is 0 Å². The predicted molar refractivity (Wildman–Crippen MR) is 269 cm³/mol. The highest BCUT2D eigenvalue weighted by molar-refractivity contribution is 5.84. The summed E-state index contributed by atoms with van der Waals surface area (Å²) in [5, 5.41) is 0. The molecule has 0 aliphatic heterocycles. The Morgan fingerprint density at radius 2 is 0.493 bits per heavy atom. The minimum Gasteiger partial charge on any atom is -0.379 e. The predicted octanol–water partition coefficient (Wildman–Crippen LogP) is 1.33. The molecule has 0 aromatic heterocycles. The van der Waals surface area contributed by atoms with Gasteiger partial charge in [-0.2, -0.15) is 0 Å². The Labute approximate surface area is 415 Å². The van der Waals surface area contributed by atoms with Gasteiger partial charge in [0.2, 0.25) is 0 Å². The molecule has 0 radical (unpaired) electrons. The van der Waals surface area contributed by atoms with E-state index in [0.717, 1.165) is 51.4 Å². The van der Waals surface area contributed by atoms with E-state index in [0.29, 0.717) is 156 Å². The molecule has 4 unspecified atom stereocenters. The number of hydrogen-bond donors (Lipinski definition) is 8. The molecular weight excluding hydrogens is 893 g/mol. The van der Waals surface area contributed by atoms with Crippen LogP contribution in [-0.4, -0.2) is 179 Å². The highest BCUT2D eigenvalue weighted by Gasteiger charge is 2.33. The topological polar surface area (TPSA) is 350 Å². The van der Waals surface area contributed by atoms with Crippen molar-refractivity contribution >= 4 is 23.1 Å². The van der Waals surface area contributed by atoms with Crippen molar-refractivity contribution in [3.8, 4) is 0 Å². The molecule has 4 atom stereocenters. The molecule has 0 saturated heterocycles. The van der Waals surface area contributed by atoms with E-state index in [1.54, 1.807) is 0 Å². The zero-order chi connectivity index (χ0) is 51.1. The van der Waals surface area contributed by atoms with E-state index in [-0.39, 0.29) is 76.0 Å². The summed E-state index contributed by atoms with van der Waals surface area (Å²) in [6.45, 7) is 7.14. The molecule has 20 nitrogen and oxygen atoms in total. The highest BCUT2D eigenvalue weighted by atomic mass is 16.6. The molecule has 0 bridgehead atoms. The fourth-order valence-corrected chi connectivity index (χ4v) is 7.10. The molecule has 0 aliphatic rings. The SMILES string of the molecule is NCCCCC(N)C(=O)CCCOCCOCC(COCCOCCCC(=O)C(N)CCCCN)(COCCOCCCC(=O)C(N)CCCCN)COCCOCCCC(=O)C(N)CCCCN. The van der Waals surface area contributed by atoms with Crippen LogP contribution in [0.2, 0.25) is 0 Å². The average molecular weight is 993 g/mol. The summed E-state index contributed by atoms with van der Waals surface area (Å²) in [6.07, 6.45) is 12.9. The van der Waals surface area contributed by atoms with Gasteiger partial charge in [-0.15, -0.1) is 0 Å². The maximum Gasteiger partial charge on any atom is 0.149 e. The zero-order valence-corrected chi connectivity index (χ0v) is 42.6. The van der Waals surface area contributed by atoms with E-state index >= 15 is 0 Å². The van der Waals surface area contributed by atoms with Crippen LogP contribution in [0.5, 0.6) is 0 Å². The van der Waals surface area contributed by atoms with Crippen molar-refractivity contribution in [3.63, 3.8) is 0 Å². The maximum absolute atomic E-state index is 12.4. The second-order valence-electron chi connectivity index (χ2n) is 18.0. The third-order valence-electron chi connectivity index (χ3n) is 11.5. The van der Waals surface area contributed by atoms with Crippen LogP contribution in [0.4, 0.5) is 0 Å². The minimum atomic E-state index is -0.752. The third-order valence-corrected chi connectivity index (χ3v) is 11.5. The Morgan fingerprint density at radius 1 is 0.290 bits per heavy atom. The Bertz CT molecular complexity index is 1050. The van der Waals surface area contributed by atoms with Gasteiger partial charge in [0, 0.05) is 52.1 Å². The van der Waals surface area contributed by atoms with Crippen molar-refractivity contribution in [2.75, 3.05) is 132 Å². The van der Waals surface area contributed by atoms with Crippen molar-refractivity contribution in [2.45, 2.75) is 153 Å².